The minimum Gasteiger partial charge on any atom is -0.382 e. The van der Waals surface area contributed by atoms with Crippen LogP contribution in [0, 0.1) is 5.92 Å². The summed E-state index contributed by atoms with van der Waals surface area (Å²) in [6.45, 7) is 11.2. The van der Waals surface area contributed by atoms with Crippen LogP contribution >= 0.6 is 0 Å². The number of methoxy groups -OCH3 is 1. The van der Waals surface area contributed by atoms with Gasteiger partial charge in [-0.3, -0.25) is 0 Å². The number of rotatable bonds is 13. The van der Waals surface area contributed by atoms with Gasteiger partial charge in [-0.25, -0.2) is 0 Å². The molecule has 4 nitrogen and oxygen atoms in total. The number of ether oxygens (including phenoxy) is 3. The Morgan fingerprint density at radius 2 is 1.56 bits per heavy atom. The van der Waals surface area contributed by atoms with Crippen LogP contribution in [0.3, 0.4) is 0 Å². The quantitative estimate of drug-likeness (QED) is 0.515. The van der Waals surface area contributed by atoms with Gasteiger partial charge in [-0.15, -0.1) is 0 Å². The Balaban J connectivity index is 3.26. The van der Waals surface area contributed by atoms with Crippen LogP contribution in [0.1, 0.15) is 33.6 Å². The topological polar surface area (TPSA) is 39.7 Å². The maximum Gasteiger partial charge on any atom is 0.0701 e. The molecule has 0 saturated heterocycles. The Bertz CT molecular complexity index is 167. The van der Waals surface area contributed by atoms with Crippen molar-refractivity contribution in [2.24, 2.45) is 5.92 Å². The predicted octanol–water partition coefficient (Wildman–Crippen LogP) is 2.08. The first kappa shape index (κ1) is 17.8. The fourth-order valence-electron chi connectivity index (χ4n) is 1.56. The number of nitrogens with one attached hydrogen (secondary N) is 1. The summed E-state index contributed by atoms with van der Waals surface area (Å²) in [7, 11) is 1.68. The lowest BCUT2D eigenvalue weighted by Gasteiger charge is -2.21. The van der Waals surface area contributed by atoms with Crippen LogP contribution in [0.4, 0.5) is 0 Å². The molecule has 0 aliphatic heterocycles. The minimum absolute atomic E-state index is 0.562. The van der Waals surface area contributed by atoms with Gasteiger partial charge in [-0.1, -0.05) is 13.8 Å². The molecule has 0 aromatic carbocycles. The first-order valence-corrected chi connectivity index (χ1v) is 7.10. The Hall–Kier alpha value is -0.160. The SMILES string of the molecule is CCCNC(C)C(C)CCOCCOCCOC. The fraction of sp³-hybridized carbons (Fsp3) is 1.00. The molecule has 0 spiro atoms. The van der Waals surface area contributed by atoms with Crippen LogP contribution in [0.25, 0.3) is 0 Å². The highest BCUT2D eigenvalue weighted by Crippen LogP contribution is 2.07. The maximum atomic E-state index is 5.55. The van der Waals surface area contributed by atoms with Gasteiger partial charge in [0.25, 0.3) is 0 Å². The smallest absolute Gasteiger partial charge is 0.0701 e. The van der Waals surface area contributed by atoms with Gasteiger partial charge < -0.3 is 19.5 Å². The Morgan fingerprint density at radius 1 is 0.944 bits per heavy atom. The molecule has 18 heavy (non-hydrogen) atoms. The summed E-state index contributed by atoms with van der Waals surface area (Å²) in [6, 6.07) is 0.562. The Morgan fingerprint density at radius 3 is 2.17 bits per heavy atom. The molecule has 0 aliphatic rings. The number of hydrogen-bond donors (Lipinski definition) is 1. The highest BCUT2D eigenvalue weighted by Gasteiger charge is 2.10. The van der Waals surface area contributed by atoms with Crippen molar-refractivity contribution in [3.63, 3.8) is 0 Å². The average Bonchev–Trinajstić information content (AvgIpc) is 2.38. The molecule has 0 radical (unpaired) electrons. The lowest BCUT2D eigenvalue weighted by Crippen LogP contribution is -2.33. The van der Waals surface area contributed by atoms with E-state index in [0.29, 0.717) is 38.4 Å². The molecule has 1 N–H and O–H groups in total. The lowest BCUT2D eigenvalue weighted by molar-refractivity contribution is 0.0215. The second-order valence-electron chi connectivity index (χ2n) is 4.73. The van der Waals surface area contributed by atoms with Crippen molar-refractivity contribution >= 4 is 0 Å². The van der Waals surface area contributed by atoms with Gasteiger partial charge in [-0.2, -0.15) is 0 Å². The van der Waals surface area contributed by atoms with Crippen molar-refractivity contribution in [3.8, 4) is 0 Å². The molecule has 0 bridgehead atoms. The van der Waals surface area contributed by atoms with Crippen LogP contribution in [0.5, 0.6) is 0 Å². The summed E-state index contributed by atoms with van der Waals surface area (Å²) in [5.74, 6) is 0.644. The third kappa shape index (κ3) is 11.0. The van der Waals surface area contributed by atoms with Crippen molar-refractivity contribution in [3.05, 3.63) is 0 Å². The first-order valence-electron chi connectivity index (χ1n) is 7.10. The summed E-state index contributed by atoms with van der Waals surface area (Å²) in [4.78, 5) is 0. The summed E-state index contributed by atoms with van der Waals surface area (Å²) in [5.41, 5.74) is 0. The van der Waals surface area contributed by atoms with E-state index in [1.165, 1.54) is 6.42 Å². The van der Waals surface area contributed by atoms with E-state index in [9.17, 15) is 0 Å². The van der Waals surface area contributed by atoms with Gasteiger partial charge >= 0.3 is 0 Å². The van der Waals surface area contributed by atoms with Gasteiger partial charge in [0.2, 0.25) is 0 Å². The zero-order valence-electron chi connectivity index (χ0n) is 12.5. The summed E-state index contributed by atoms with van der Waals surface area (Å²) in [6.07, 6.45) is 2.28. The molecule has 0 amide bonds. The molecule has 110 valence electrons. The molecule has 2 unspecified atom stereocenters. The second kappa shape index (κ2) is 13.3. The van der Waals surface area contributed by atoms with Crippen molar-refractivity contribution in [1.82, 2.24) is 5.32 Å². The first-order chi connectivity index (χ1) is 8.72. The number of hydrogen-bond acceptors (Lipinski definition) is 4. The molecule has 0 fully saturated rings. The zero-order valence-corrected chi connectivity index (χ0v) is 12.5. The molecule has 0 aliphatic carbocycles. The molecule has 0 rings (SSSR count). The zero-order chi connectivity index (χ0) is 13.6. The van der Waals surface area contributed by atoms with E-state index < -0.39 is 0 Å². The largest absolute Gasteiger partial charge is 0.382 e. The highest BCUT2D eigenvalue weighted by molar-refractivity contribution is 4.67. The standard InChI is InChI=1S/C14H31NO3/c1-5-7-15-14(3)13(2)6-8-17-11-12-18-10-9-16-4/h13-15H,5-12H2,1-4H3. The molecule has 4 heteroatoms. The van der Waals surface area contributed by atoms with Crippen molar-refractivity contribution in [2.75, 3.05) is 46.7 Å². The van der Waals surface area contributed by atoms with E-state index in [4.69, 9.17) is 14.2 Å². The van der Waals surface area contributed by atoms with Crippen LogP contribution in [-0.4, -0.2) is 52.7 Å². The third-order valence-electron chi connectivity index (χ3n) is 3.09. The maximum absolute atomic E-state index is 5.55. The van der Waals surface area contributed by atoms with Gasteiger partial charge in [0, 0.05) is 19.8 Å². The van der Waals surface area contributed by atoms with Gasteiger partial charge in [0.1, 0.15) is 0 Å². The van der Waals surface area contributed by atoms with E-state index in [0.717, 1.165) is 19.6 Å². The van der Waals surface area contributed by atoms with E-state index in [-0.39, 0.29) is 0 Å². The summed E-state index contributed by atoms with van der Waals surface area (Å²) in [5, 5.41) is 3.51. The molecular formula is C14H31NO3. The van der Waals surface area contributed by atoms with Crippen LogP contribution < -0.4 is 5.32 Å². The summed E-state index contributed by atoms with van der Waals surface area (Å²) >= 11 is 0. The molecule has 0 saturated carbocycles. The molecule has 0 heterocycles. The monoisotopic (exact) mass is 261 g/mol. The van der Waals surface area contributed by atoms with E-state index in [1.54, 1.807) is 7.11 Å². The van der Waals surface area contributed by atoms with Crippen LogP contribution in [0.15, 0.2) is 0 Å². The van der Waals surface area contributed by atoms with Gasteiger partial charge in [0.05, 0.1) is 26.4 Å². The van der Waals surface area contributed by atoms with Crippen molar-refractivity contribution in [1.29, 1.82) is 0 Å². The van der Waals surface area contributed by atoms with Crippen LogP contribution in [-0.2, 0) is 14.2 Å². The van der Waals surface area contributed by atoms with Gasteiger partial charge in [0.15, 0.2) is 0 Å². The average molecular weight is 261 g/mol. The summed E-state index contributed by atoms with van der Waals surface area (Å²) < 4.78 is 15.8. The highest BCUT2D eigenvalue weighted by atomic mass is 16.5. The predicted molar refractivity (Wildman–Crippen MR) is 75.1 cm³/mol. The third-order valence-corrected chi connectivity index (χ3v) is 3.09. The lowest BCUT2D eigenvalue weighted by atomic mass is 10.0. The van der Waals surface area contributed by atoms with E-state index >= 15 is 0 Å². The van der Waals surface area contributed by atoms with E-state index in [1.807, 2.05) is 0 Å². The Labute approximate surface area is 112 Å². The normalized spacial score (nSPS) is 14.7. The van der Waals surface area contributed by atoms with Crippen molar-refractivity contribution in [2.45, 2.75) is 39.7 Å². The molecule has 0 aromatic heterocycles. The molecule has 0 aromatic rings. The Kier molecular flexibility index (Phi) is 13.2. The second-order valence-corrected chi connectivity index (χ2v) is 4.73. The van der Waals surface area contributed by atoms with E-state index in [2.05, 4.69) is 26.1 Å². The molecular weight excluding hydrogens is 230 g/mol. The van der Waals surface area contributed by atoms with Crippen LogP contribution in [0.2, 0.25) is 0 Å². The minimum atomic E-state index is 0.562. The van der Waals surface area contributed by atoms with Crippen molar-refractivity contribution < 1.29 is 14.2 Å². The molecule has 2 atom stereocenters. The fourth-order valence-corrected chi connectivity index (χ4v) is 1.56. The van der Waals surface area contributed by atoms with Gasteiger partial charge in [-0.05, 0) is 32.2 Å².